The van der Waals surface area contributed by atoms with Gasteiger partial charge in [0.1, 0.15) is 0 Å². The Kier molecular flexibility index (Phi) is 4.97. The topological polar surface area (TPSA) is 30.9 Å². The Morgan fingerprint density at radius 1 is 1.20 bits per heavy atom. The number of morpholine rings is 1. The van der Waals surface area contributed by atoms with Crippen LogP contribution < -0.4 is 0 Å². The minimum atomic E-state index is 0.0828. The molecule has 20 heavy (non-hydrogen) atoms. The zero-order valence-corrected chi connectivity index (χ0v) is 12.8. The van der Waals surface area contributed by atoms with Crippen LogP contribution in [0.15, 0.2) is 0 Å². The van der Waals surface area contributed by atoms with Gasteiger partial charge in [0.2, 0.25) is 0 Å². The second-order valence-electron chi connectivity index (χ2n) is 6.75. The van der Waals surface area contributed by atoms with Crippen LogP contribution in [0.4, 0.5) is 0 Å². The molecule has 2 heterocycles. The maximum Gasteiger partial charge on any atom is 0.0859 e. The van der Waals surface area contributed by atoms with Crippen LogP contribution in [-0.4, -0.2) is 63.7 Å². The average molecular weight is 283 g/mol. The fourth-order valence-electron chi connectivity index (χ4n) is 4.28. The predicted octanol–water partition coefficient (Wildman–Crippen LogP) is 1.93. The van der Waals surface area contributed by atoms with E-state index in [1.54, 1.807) is 0 Å². The highest BCUT2D eigenvalue weighted by molar-refractivity contribution is 4.98. The molecule has 0 amide bonds. The Bertz CT molecular complexity index is 306. The van der Waals surface area contributed by atoms with E-state index in [0.717, 1.165) is 45.4 Å². The van der Waals surface area contributed by atoms with E-state index in [1.807, 2.05) is 7.11 Å². The highest BCUT2D eigenvalue weighted by Gasteiger charge is 2.46. The van der Waals surface area contributed by atoms with Gasteiger partial charge in [0.25, 0.3) is 0 Å². The molecule has 0 radical (unpaired) electrons. The molecule has 116 valence electrons. The molecular formula is C16H29NO3. The number of nitrogens with zero attached hydrogens (tertiary/aromatic N) is 1. The van der Waals surface area contributed by atoms with Gasteiger partial charge in [-0.15, -0.1) is 0 Å². The van der Waals surface area contributed by atoms with Gasteiger partial charge in [0.15, 0.2) is 0 Å². The summed E-state index contributed by atoms with van der Waals surface area (Å²) in [5.41, 5.74) is 0.0828. The number of hydrogen-bond acceptors (Lipinski definition) is 4. The van der Waals surface area contributed by atoms with Crippen LogP contribution in [0.25, 0.3) is 0 Å². The van der Waals surface area contributed by atoms with E-state index < -0.39 is 0 Å². The standard InChI is InChI=1S/C16H29NO3/c1-18-12-15-3-2-6-16(15)13-17(7-10-20-16)11-14-4-8-19-9-5-14/h14-15H,2-13H2,1H3/t15-,16+/m0/s1. The Morgan fingerprint density at radius 2 is 2.05 bits per heavy atom. The van der Waals surface area contributed by atoms with E-state index in [4.69, 9.17) is 14.2 Å². The Hall–Kier alpha value is -0.160. The molecule has 0 N–H and O–H groups in total. The molecule has 1 saturated carbocycles. The van der Waals surface area contributed by atoms with Crippen LogP contribution in [0.5, 0.6) is 0 Å². The summed E-state index contributed by atoms with van der Waals surface area (Å²) < 4.78 is 17.2. The highest BCUT2D eigenvalue weighted by Crippen LogP contribution is 2.41. The first kappa shape index (κ1) is 14.8. The molecule has 3 rings (SSSR count). The Labute approximate surface area is 122 Å². The van der Waals surface area contributed by atoms with Crippen LogP contribution in [0.3, 0.4) is 0 Å². The molecule has 0 aromatic heterocycles. The number of rotatable bonds is 4. The van der Waals surface area contributed by atoms with Gasteiger partial charge < -0.3 is 14.2 Å². The van der Waals surface area contributed by atoms with Crippen molar-refractivity contribution in [3.8, 4) is 0 Å². The number of methoxy groups -OCH3 is 1. The number of hydrogen-bond donors (Lipinski definition) is 0. The lowest BCUT2D eigenvalue weighted by Gasteiger charge is -2.45. The lowest BCUT2D eigenvalue weighted by atomic mass is 9.88. The predicted molar refractivity (Wildman–Crippen MR) is 77.9 cm³/mol. The van der Waals surface area contributed by atoms with E-state index >= 15 is 0 Å². The molecule has 4 nitrogen and oxygen atoms in total. The fraction of sp³-hybridized carbons (Fsp3) is 1.00. The van der Waals surface area contributed by atoms with Gasteiger partial charge in [0.05, 0.1) is 18.8 Å². The zero-order valence-electron chi connectivity index (χ0n) is 12.8. The van der Waals surface area contributed by atoms with Crippen LogP contribution >= 0.6 is 0 Å². The fourth-order valence-corrected chi connectivity index (χ4v) is 4.28. The second-order valence-corrected chi connectivity index (χ2v) is 6.75. The number of ether oxygens (including phenoxy) is 3. The first-order valence-electron chi connectivity index (χ1n) is 8.25. The molecule has 3 aliphatic rings. The van der Waals surface area contributed by atoms with E-state index in [-0.39, 0.29) is 5.60 Å². The highest BCUT2D eigenvalue weighted by atomic mass is 16.5. The normalized spacial score (nSPS) is 36.8. The lowest BCUT2D eigenvalue weighted by Crippen LogP contribution is -2.55. The molecule has 2 saturated heterocycles. The van der Waals surface area contributed by atoms with Gasteiger partial charge in [-0.1, -0.05) is 6.42 Å². The van der Waals surface area contributed by atoms with Gasteiger partial charge in [-0.25, -0.2) is 0 Å². The van der Waals surface area contributed by atoms with Crippen LogP contribution in [0.1, 0.15) is 32.1 Å². The smallest absolute Gasteiger partial charge is 0.0859 e. The average Bonchev–Trinajstić information content (AvgIpc) is 2.83. The molecule has 0 aromatic carbocycles. The largest absolute Gasteiger partial charge is 0.384 e. The van der Waals surface area contributed by atoms with Crippen LogP contribution in [-0.2, 0) is 14.2 Å². The van der Waals surface area contributed by atoms with Crippen molar-refractivity contribution in [1.82, 2.24) is 4.90 Å². The SMILES string of the molecule is COC[C@@H]1CCC[C@@]12CN(CC1CCOCC1)CCO2. The maximum absolute atomic E-state index is 6.26. The minimum absolute atomic E-state index is 0.0828. The van der Waals surface area contributed by atoms with E-state index in [0.29, 0.717) is 5.92 Å². The van der Waals surface area contributed by atoms with Crippen LogP contribution in [0.2, 0.25) is 0 Å². The Balaban J connectivity index is 1.57. The molecule has 4 heteroatoms. The molecule has 2 atom stereocenters. The van der Waals surface area contributed by atoms with Gasteiger partial charge in [0, 0.05) is 45.9 Å². The van der Waals surface area contributed by atoms with Crippen molar-refractivity contribution in [2.45, 2.75) is 37.7 Å². The lowest BCUT2D eigenvalue weighted by molar-refractivity contribution is -0.142. The van der Waals surface area contributed by atoms with Crippen LogP contribution in [0, 0.1) is 11.8 Å². The van der Waals surface area contributed by atoms with Crippen molar-refractivity contribution in [2.75, 3.05) is 53.2 Å². The summed E-state index contributed by atoms with van der Waals surface area (Å²) in [4.78, 5) is 2.65. The third kappa shape index (κ3) is 3.19. The van der Waals surface area contributed by atoms with Crippen molar-refractivity contribution in [3.05, 3.63) is 0 Å². The summed E-state index contributed by atoms with van der Waals surface area (Å²) in [6.07, 6.45) is 6.22. The summed E-state index contributed by atoms with van der Waals surface area (Å²) in [6.45, 7) is 7.08. The Morgan fingerprint density at radius 3 is 2.85 bits per heavy atom. The van der Waals surface area contributed by atoms with Gasteiger partial charge in [-0.05, 0) is 31.6 Å². The maximum atomic E-state index is 6.26. The van der Waals surface area contributed by atoms with E-state index in [1.165, 1.54) is 38.6 Å². The monoisotopic (exact) mass is 283 g/mol. The zero-order chi connectivity index (χ0) is 13.8. The first-order valence-corrected chi connectivity index (χ1v) is 8.25. The third-order valence-electron chi connectivity index (χ3n) is 5.41. The molecular weight excluding hydrogens is 254 g/mol. The summed E-state index contributed by atoms with van der Waals surface area (Å²) in [5, 5.41) is 0. The summed E-state index contributed by atoms with van der Waals surface area (Å²) in [5.74, 6) is 1.41. The van der Waals surface area contributed by atoms with E-state index in [9.17, 15) is 0 Å². The van der Waals surface area contributed by atoms with Gasteiger partial charge >= 0.3 is 0 Å². The van der Waals surface area contributed by atoms with Crippen molar-refractivity contribution in [2.24, 2.45) is 11.8 Å². The third-order valence-corrected chi connectivity index (χ3v) is 5.41. The van der Waals surface area contributed by atoms with Gasteiger partial charge in [-0.3, -0.25) is 4.90 Å². The summed E-state index contributed by atoms with van der Waals surface area (Å²) in [7, 11) is 1.81. The van der Waals surface area contributed by atoms with Crippen molar-refractivity contribution < 1.29 is 14.2 Å². The van der Waals surface area contributed by atoms with E-state index in [2.05, 4.69) is 4.90 Å². The molecule has 0 bridgehead atoms. The molecule has 3 fully saturated rings. The summed E-state index contributed by atoms with van der Waals surface area (Å²) in [6, 6.07) is 0. The molecule has 1 spiro atoms. The summed E-state index contributed by atoms with van der Waals surface area (Å²) >= 11 is 0. The molecule has 0 unspecified atom stereocenters. The quantitative estimate of drug-likeness (QED) is 0.789. The van der Waals surface area contributed by atoms with Crippen molar-refractivity contribution in [1.29, 1.82) is 0 Å². The molecule has 2 aliphatic heterocycles. The first-order chi connectivity index (χ1) is 9.82. The molecule has 1 aliphatic carbocycles. The molecule has 0 aromatic rings. The second kappa shape index (κ2) is 6.73. The van der Waals surface area contributed by atoms with Crippen molar-refractivity contribution >= 4 is 0 Å². The van der Waals surface area contributed by atoms with Gasteiger partial charge in [-0.2, -0.15) is 0 Å². The minimum Gasteiger partial charge on any atom is -0.384 e. The van der Waals surface area contributed by atoms with Crippen molar-refractivity contribution in [3.63, 3.8) is 0 Å².